The third-order valence-corrected chi connectivity index (χ3v) is 2.85. The van der Waals surface area contributed by atoms with Crippen LogP contribution in [0.3, 0.4) is 0 Å². The zero-order valence-corrected chi connectivity index (χ0v) is 8.43. The number of rotatable bonds is 3. The van der Waals surface area contributed by atoms with Crippen molar-refractivity contribution in [2.75, 3.05) is 0 Å². The van der Waals surface area contributed by atoms with E-state index in [0.29, 0.717) is 5.56 Å². The van der Waals surface area contributed by atoms with Gasteiger partial charge in [-0.05, 0) is 24.8 Å². The minimum atomic E-state index is -0.726. The number of hydrogen-bond acceptors (Lipinski definition) is 2. The molecule has 0 amide bonds. The Morgan fingerprint density at radius 2 is 1.87 bits per heavy atom. The van der Waals surface area contributed by atoms with Crippen LogP contribution in [0.2, 0.25) is 0 Å². The molecule has 1 aromatic carbocycles. The molecule has 0 radical (unpaired) electrons. The number of hydrogen-bond donors (Lipinski definition) is 1. The molecular weight excluding hydrogens is 192 g/mol. The molecule has 1 aliphatic carbocycles. The van der Waals surface area contributed by atoms with Crippen molar-refractivity contribution in [1.82, 2.24) is 0 Å². The van der Waals surface area contributed by atoms with Crippen molar-refractivity contribution in [3.05, 3.63) is 35.4 Å². The van der Waals surface area contributed by atoms with Gasteiger partial charge in [-0.3, -0.25) is 9.59 Å². The highest BCUT2D eigenvalue weighted by Gasteiger charge is 2.43. The number of aliphatic carboxylic acids is 1. The van der Waals surface area contributed by atoms with E-state index in [4.69, 9.17) is 5.11 Å². The standard InChI is InChI=1S/C12H12O3/c1-7(13)8-2-4-9(5-3-8)10-6-11(10)12(14)15/h2-5,10-11H,6H2,1H3,(H,14,15)/t10-,11+/m1/s1. The predicted molar refractivity (Wildman–Crippen MR) is 54.9 cm³/mol. The largest absolute Gasteiger partial charge is 0.481 e. The molecule has 1 aliphatic rings. The highest BCUT2D eigenvalue weighted by atomic mass is 16.4. The first-order valence-electron chi connectivity index (χ1n) is 4.93. The summed E-state index contributed by atoms with van der Waals surface area (Å²) in [6.45, 7) is 1.52. The van der Waals surface area contributed by atoms with Gasteiger partial charge in [-0.1, -0.05) is 24.3 Å². The topological polar surface area (TPSA) is 54.4 Å². The molecule has 2 atom stereocenters. The first-order chi connectivity index (χ1) is 7.09. The third-order valence-electron chi connectivity index (χ3n) is 2.85. The highest BCUT2D eigenvalue weighted by molar-refractivity contribution is 5.94. The first kappa shape index (κ1) is 9.90. The quantitative estimate of drug-likeness (QED) is 0.767. The molecule has 0 heterocycles. The average molecular weight is 204 g/mol. The lowest BCUT2D eigenvalue weighted by Crippen LogP contribution is -1.99. The average Bonchev–Trinajstić information content (AvgIpc) is 2.97. The van der Waals surface area contributed by atoms with Crippen LogP contribution in [-0.4, -0.2) is 16.9 Å². The first-order valence-corrected chi connectivity index (χ1v) is 4.93. The Bertz CT molecular complexity index is 405. The second-order valence-corrected chi connectivity index (χ2v) is 3.97. The van der Waals surface area contributed by atoms with Gasteiger partial charge in [0, 0.05) is 5.56 Å². The van der Waals surface area contributed by atoms with Crippen molar-refractivity contribution >= 4 is 11.8 Å². The summed E-state index contributed by atoms with van der Waals surface area (Å²) in [6.07, 6.45) is 0.717. The number of carboxylic acids is 1. The molecule has 1 saturated carbocycles. The number of carbonyl (C=O) groups is 2. The van der Waals surface area contributed by atoms with Crippen molar-refractivity contribution in [1.29, 1.82) is 0 Å². The smallest absolute Gasteiger partial charge is 0.307 e. The molecule has 1 fully saturated rings. The molecule has 1 aromatic rings. The zero-order chi connectivity index (χ0) is 11.0. The minimum absolute atomic E-state index is 0.0344. The van der Waals surface area contributed by atoms with Gasteiger partial charge in [-0.15, -0.1) is 0 Å². The predicted octanol–water partition coefficient (Wildman–Crippen LogP) is 2.08. The van der Waals surface area contributed by atoms with Crippen LogP contribution >= 0.6 is 0 Å². The number of ketones is 1. The van der Waals surface area contributed by atoms with Crippen molar-refractivity contribution in [3.8, 4) is 0 Å². The normalized spacial score (nSPS) is 23.5. The van der Waals surface area contributed by atoms with Gasteiger partial charge in [0.15, 0.2) is 5.78 Å². The Kier molecular flexibility index (Phi) is 2.31. The molecule has 3 nitrogen and oxygen atoms in total. The van der Waals surface area contributed by atoms with E-state index in [-0.39, 0.29) is 17.6 Å². The van der Waals surface area contributed by atoms with Gasteiger partial charge in [0.1, 0.15) is 0 Å². The van der Waals surface area contributed by atoms with Gasteiger partial charge >= 0.3 is 5.97 Å². The Labute approximate surface area is 87.7 Å². The lowest BCUT2D eigenvalue weighted by atomic mass is 10.1. The van der Waals surface area contributed by atoms with Crippen LogP contribution < -0.4 is 0 Å². The molecule has 78 valence electrons. The van der Waals surface area contributed by atoms with E-state index in [9.17, 15) is 9.59 Å². The van der Waals surface area contributed by atoms with Gasteiger partial charge in [0.25, 0.3) is 0 Å². The molecule has 3 heteroatoms. The number of benzene rings is 1. The van der Waals surface area contributed by atoms with Crippen LogP contribution in [0.15, 0.2) is 24.3 Å². The molecule has 0 unspecified atom stereocenters. The van der Waals surface area contributed by atoms with Gasteiger partial charge < -0.3 is 5.11 Å². The van der Waals surface area contributed by atoms with Crippen molar-refractivity contribution in [2.24, 2.45) is 5.92 Å². The molecule has 0 bridgehead atoms. The summed E-state index contributed by atoms with van der Waals surface area (Å²) in [5.74, 6) is -0.778. The van der Waals surface area contributed by atoms with Crippen LogP contribution in [0.1, 0.15) is 35.2 Å². The second kappa shape index (κ2) is 3.50. The summed E-state index contributed by atoms with van der Waals surface area (Å²) >= 11 is 0. The summed E-state index contributed by atoms with van der Waals surface area (Å²) in [6, 6.07) is 7.22. The van der Waals surface area contributed by atoms with Crippen LogP contribution in [0, 0.1) is 5.92 Å². The van der Waals surface area contributed by atoms with E-state index >= 15 is 0 Å². The third kappa shape index (κ3) is 1.91. The Balaban J connectivity index is 2.12. The van der Waals surface area contributed by atoms with E-state index in [1.807, 2.05) is 12.1 Å². The number of Topliss-reactive ketones (excluding diaryl/α,β-unsaturated/α-hetero) is 1. The summed E-state index contributed by atoms with van der Waals surface area (Å²) in [7, 11) is 0. The molecule has 0 saturated heterocycles. The molecule has 1 N–H and O–H groups in total. The van der Waals surface area contributed by atoms with E-state index in [1.165, 1.54) is 6.92 Å². The minimum Gasteiger partial charge on any atom is -0.481 e. The fraction of sp³-hybridized carbons (Fsp3) is 0.333. The molecule has 0 aliphatic heterocycles. The Hall–Kier alpha value is -1.64. The highest BCUT2D eigenvalue weighted by Crippen LogP contribution is 2.47. The van der Waals surface area contributed by atoms with E-state index < -0.39 is 5.97 Å². The lowest BCUT2D eigenvalue weighted by Gasteiger charge is -2.00. The summed E-state index contributed by atoms with van der Waals surface area (Å²) < 4.78 is 0. The zero-order valence-electron chi connectivity index (χ0n) is 8.43. The SMILES string of the molecule is CC(=O)c1ccc([C@H]2C[C@@H]2C(=O)O)cc1. The Morgan fingerprint density at radius 3 is 2.27 bits per heavy atom. The molecule has 2 rings (SSSR count). The molecule has 0 aromatic heterocycles. The van der Waals surface area contributed by atoms with Crippen molar-refractivity contribution in [3.63, 3.8) is 0 Å². The van der Waals surface area contributed by atoms with Crippen LogP contribution in [0.5, 0.6) is 0 Å². The van der Waals surface area contributed by atoms with E-state index in [1.54, 1.807) is 12.1 Å². The van der Waals surface area contributed by atoms with E-state index in [0.717, 1.165) is 12.0 Å². The Morgan fingerprint density at radius 1 is 1.27 bits per heavy atom. The summed E-state index contributed by atoms with van der Waals surface area (Å²) in [5.41, 5.74) is 1.69. The summed E-state index contributed by atoms with van der Waals surface area (Å²) in [4.78, 5) is 21.7. The van der Waals surface area contributed by atoms with Crippen LogP contribution in [0.4, 0.5) is 0 Å². The fourth-order valence-electron chi connectivity index (χ4n) is 1.80. The van der Waals surface area contributed by atoms with Crippen molar-refractivity contribution < 1.29 is 14.7 Å². The van der Waals surface area contributed by atoms with Gasteiger partial charge in [0.2, 0.25) is 0 Å². The van der Waals surface area contributed by atoms with Gasteiger partial charge in [-0.2, -0.15) is 0 Å². The molecule has 0 spiro atoms. The monoisotopic (exact) mass is 204 g/mol. The van der Waals surface area contributed by atoms with Crippen LogP contribution in [0.25, 0.3) is 0 Å². The van der Waals surface area contributed by atoms with E-state index in [2.05, 4.69) is 0 Å². The molecular formula is C12H12O3. The van der Waals surface area contributed by atoms with Crippen LogP contribution in [-0.2, 0) is 4.79 Å². The maximum atomic E-state index is 11.0. The van der Waals surface area contributed by atoms with Gasteiger partial charge in [0.05, 0.1) is 5.92 Å². The van der Waals surface area contributed by atoms with Gasteiger partial charge in [-0.25, -0.2) is 0 Å². The maximum Gasteiger partial charge on any atom is 0.307 e. The maximum absolute atomic E-state index is 11.0. The van der Waals surface area contributed by atoms with Crippen molar-refractivity contribution in [2.45, 2.75) is 19.3 Å². The number of carboxylic acid groups (broad SMARTS) is 1. The number of carbonyl (C=O) groups excluding carboxylic acids is 1. The fourth-order valence-corrected chi connectivity index (χ4v) is 1.80. The summed E-state index contributed by atoms with van der Waals surface area (Å²) in [5, 5.41) is 8.77. The molecule has 15 heavy (non-hydrogen) atoms. The lowest BCUT2D eigenvalue weighted by molar-refractivity contribution is -0.138. The second-order valence-electron chi connectivity index (χ2n) is 3.97.